The summed E-state index contributed by atoms with van der Waals surface area (Å²) in [6.07, 6.45) is 1.50. The van der Waals surface area contributed by atoms with Crippen LogP contribution in [0.25, 0.3) is 11.1 Å². The van der Waals surface area contributed by atoms with Gasteiger partial charge in [0.2, 0.25) is 5.91 Å². The molecule has 100 valence electrons. The van der Waals surface area contributed by atoms with Gasteiger partial charge in [0.05, 0.1) is 0 Å². The average Bonchev–Trinajstić information content (AvgIpc) is 3.04. The van der Waals surface area contributed by atoms with Gasteiger partial charge in [-0.15, -0.1) is 0 Å². The molecule has 1 unspecified atom stereocenters. The van der Waals surface area contributed by atoms with E-state index in [1.165, 1.54) is 0 Å². The van der Waals surface area contributed by atoms with Crippen LogP contribution in [-0.2, 0) is 4.79 Å². The zero-order chi connectivity index (χ0) is 13.2. The molecule has 1 aliphatic heterocycles. The van der Waals surface area contributed by atoms with E-state index < -0.39 is 0 Å². The number of hydrogen-bond donors (Lipinski definition) is 1. The van der Waals surface area contributed by atoms with E-state index in [-0.39, 0.29) is 11.9 Å². The predicted octanol–water partition coefficient (Wildman–Crippen LogP) is 2.25. The Hall–Kier alpha value is -2.04. The van der Waals surface area contributed by atoms with Gasteiger partial charge in [0.15, 0.2) is 5.58 Å². The summed E-state index contributed by atoms with van der Waals surface area (Å²) >= 11 is 0. The molecule has 0 bridgehead atoms. The van der Waals surface area contributed by atoms with Gasteiger partial charge in [-0.1, -0.05) is 19.1 Å². The van der Waals surface area contributed by atoms with Crippen LogP contribution in [0.2, 0.25) is 0 Å². The molecule has 1 aromatic heterocycles. The molecule has 3 rings (SSSR count). The largest absolute Gasteiger partial charge is 0.424 e. The van der Waals surface area contributed by atoms with Crippen LogP contribution in [0.1, 0.15) is 19.8 Å². The number of nitrogens with zero attached hydrogens (tertiary/aromatic N) is 2. The van der Waals surface area contributed by atoms with Gasteiger partial charge in [0, 0.05) is 25.6 Å². The second-order valence-corrected chi connectivity index (χ2v) is 4.81. The molecule has 0 spiro atoms. The Morgan fingerprint density at radius 2 is 2.37 bits per heavy atom. The summed E-state index contributed by atoms with van der Waals surface area (Å²) < 4.78 is 5.63. The fourth-order valence-electron chi connectivity index (χ4n) is 2.44. The third-order valence-corrected chi connectivity index (χ3v) is 3.46. The van der Waals surface area contributed by atoms with E-state index in [9.17, 15) is 4.79 Å². The monoisotopic (exact) mass is 259 g/mol. The van der Waals surface area contributed by atoms with Gasteiger partial charge in [-0.05, 0) is 18.6 Å². The number of oxazole rings is 1. The second kappa shape index (κ2) is 4.91. The van der Waals surface area contributed by atoms with E-state index in [0.717, 1.165) is 30.6 Å². The Morgan fingerprint density at radius 1 is 1.53 bits per heavy atom. The van der Waals surface area contributed by atoms with Crippen LogP contribution >= 0.6 is 0 Å². The number of nitrogens with one attached hydrogen (secondary N) is 1. The van der Waals surface area contributed by atoms with Crippen molar-refractivity contribution in [1.82, 2.24) is 9.88 Å². The van der Waals surface area contributed by atoms with Crippen molar-refractivity contribution < 1.29 is 9.21 Å². The van der Waals surface area contributed by atoms with Crippen molar-refractivity contribution in [2.75, 3.05) is 18.4 Å². The Kier molecular flexibility index (Phi) is 3.11. The highest BCUT2D eigenvalue weighted by molar-refractivity contribution is 5.76. The number of anilines is 1. The molecule has 1 aromatic carbocycles. The van der Waals surface area contributed by atoms with Crippen LogP contribution < -0.4 is 5.32 Å². The molecule has 1 N–H and O–H groups in total. The maximum atomic E-state index is 11.6. The molecule has 0 radical (unpaired) electrons. The number of aromatic nitrogens is 1. The van der Waals surface area contributed by atoms with Gasteiger partial charge in [0.1, 0.15) is 5.52 Å². The lowest BCUT2D eigenvalue weighted by atomic mass is 10.3. The van der Waals surface area contributed by atoms with Gasteiger partial charge in [-0.25, -0.2) is 0 Å². The first-order valence-electron chi connectivity index (χ1n) is 6.66. The Morgan fingerprint density at radius 3 is 3.16 bits per heavy atom. The molecule has 1 aliphatic rings. The van der Waals surface area contributed by atoms with Crippen LogP contribution in [0.15, 0.2) is 28.7 Å². The van der Waals surface area contributed by atoms with Crippen molar-refractivity contribution in [3.8, 4) is 0 Å². The number of carbonyl (C=O) groups is 1. The number of amides is 1. The number of carbonyl (C=O) groups excluding carboxylic acids is 1. The number of hydrogen-bond acceptors (Lipinski definition) is 4. The van der Waals surface area contributed by atoms with Crippen molar-refractivity contribution in [1.29, 1.82) is 0 Å². The van der Waals surface area contributed by atoms with Gasteiger partial charge in [0.25, 0.3) is 6.01 Å². The number of benzene rings is 1. The van der Waals surface area contributed by atoms with Crippen LogP contribution in [-0.4, -0.2) is 34.9 Å². The maximum Gasteiger partial charge on any atom is 0.295 e. The van der Waals surface area contributed by atoms with Crippen LogP contribution in [0.3, 0.4) is 0 Å². The molecule has 0 saturated carbocycles. The van der Waals surface area contributed by atoms with Gasteiger partial charge in [-0.3, -0.25) is 4.79 Å². The van der Waals surface area contributed by atoms with E-state index in [1.807, 2.05) is 36.1 Å². The average molecular weight is 259 g/mol. The molecular formula is C14H17N3O2. The first kappa shape index (κ1) is 12.0. The Balaban J connectivity index is 1.67. The van der Waals surface area contributed by atoms with E-state index >= 15 is 0 Å². The fraction of sp³-hybridized carbons (Fsp3) is 0.429. The van der Waals surface area contributed by atoms with E-state index in [0.29, 0.717) is 12.4 Å². The van der Waals surface area contributed by atoms with Crippen LogP contribution in [0, 0.1) is 0 Å². The highest BCUT2D eigenvalue weighted by atomic mass is 16.4. The third-order valence-electron chi connectivity index (χ3n) is 3.46. The van der Waals surface area contributed by atoms with Crippen LogP contribution in [0.4, 0.5) is 6.01 Å². The van der Waals surface area contributed by atoms with Crippen LogP contribution in [0.5, 0.6) is 0 Å². The quantitative estimate of drug-likeness (QED) is 0.918. The lowest BCUT2D eigenvalue weighted by Gasteiger charge is -2.15. The molecule has 2 aromatic rings. The number of likely N-dealkylation sites (tertiary alicyclic amines) is 1. The van der Waals surface area contributed by atoms with Gasteiger partial charge >= 0.3 is 0 Å². The topological polar surface area (TPSA) is 58.4 Å². The Bertz CT molecular complexity index is 560. The second-order valence-electron chi connectivity index (χ2n) is 4.81. The number of rotatable bonds is 3. The molecule has 5 heteroatoms. The minimum absolute atomic E-state index is 0.210. The first-order valence-corrected chi connectivity index (χ1v) is 6.66. The van der Waals surface area contributed by atoms with Crippen molar-refractivity contribution >= 4 is 23.0 Å². The molecular weight excluding hydrogens is 242 g/mol. The third kappa shape index (κ3) is 2.41. The molecule has 1 fully saturated rings. The van der Waals surface area contributed by atoms with Crippen molar-refractivity contribution in [3.63, 3.8) is 0 Å². The highest BCUT2D eigenvalue weighted by Crippen LogP contribution is 2.21. The highest BCUT2D eigenvalue weighted by Gasteiger charge is 2.26. The number of para-hydroxylation sites is 2. The Labute approximate surface area is 111 Å². The van der Waals surface area contributed by atoms with Crippen molar-refractivity contribution in [2.24, 2.45) is 0 Å². The summed E-state index contributed by atoms with van der Waals surface area (Å²) in [6.45, 7) is 3.43. The summed E-state index contributed by atoms with van der Waals surface area (Å²) in [5, 5.41) is 3.27. The summed E-state index contributed by atoms with van der Waals surface area (Å²) in [6, 6.07) is 8.45. The zero-order valence-electron chi connectivity index (χ0n) is 10.9. The van der Waals surface area contributed by atoms with Crippen molar-refractivity contribution in [3.05, 3.63) is 24.3 Å². The van der Waals surface area contributed by atoms with Crippen molar-refractivity contribution in [2.45, 2.75) is 25.8 Å². The van der Waals surface area contributed by atoms with Gasteiger partial charge in [-0.2, -0.15) is 4.98 Å². The fourth-order valence-corrected chi connectivity index (χ4v) is 2.44. The predicted molar refractivity (Wildman–Crippen MR) is 72.9 cm³/mol. The molecule has 1 atom stereocenters. The van der Waals surface area contributed by atoms with E-state index in [4.69, 9.17) is 4.42 Å². The smallest absolute Gasteiger partial charge is 0.295 e. The standard InChI is InChI=1S/C14H17N3O2/c1-2-13(18)17-8-7-10(9-17)15-14-16-11-5-3-4-6-12(11)19-14/h3-6,10H,2,7-9H2,1H3,(H,15,16). The lowest BCUT2D eigenvalue weighted by molar-refractivity contribution is -0.129. The van der Waals surface area contributed by atoms with E-state index in [1.54, 1.807) is 0 Å². The molecule has 2 heterocycles. The lowest BCUT2D eigenvalue weighted by Crippen LogP contribution is -2.30. The first-order chi connectivity index (χ1) is 9.26. The number of fused-ring (bicyclic) bond motifs is 1. The molecule has 5 nitrogen and oxygen atoms in total. The minimum Gasteiger partial charge on any atom is -0.424 e. The normalized spacial score (nSPS) is 19.0. The summed E-state index contributed by atoms with van der Waals surface area (Å²) in [5.74, 6) is 0.210. The zero-order valence-corrected chi connectivity index (χ0v) is 10.9. The summed E-state index contributed by atoms with van der Waals surface area (Å²) in [7, 11) is 0. The molecule has 19 heavy (non-hydrogen) atoms. The summed E-state index contributed by atoms with van der Waals surface area (Å²) in [4.78, 5) is 17.9. The molecule has 1 amide bonds. The molecule has 1 saturated heterocycles. The molecule has 0 aliphatic carbocycles. The minimum atomic E-state index is 0.210. The van der Waals surface area contributed by atoms with Gasteiger partial charge < -0.3 is 14.6 Å². The SMILES string of the molecule is CCC(=O)N1CCC(Nc2nc3ccccc3o2)C1. The van der Waals surface area contributed by atoms with E-state index in [2.05, 4.69) is 10.3 Å². The summed E-state index contributed by atoms with van der Waals surface area (Å²) in [5.41, 5.74) is 1.63. The maximum absolute atomic E-state index is 11.6.